The molecule has 0 amide bonds. The van der Waals surface area contributed by atoms with Crippen molar-refractivity contribution in [1.82, 2.24) is 4.98 Å². The highest BCUT2D eigenvalue weighted by Crippen LogP contribution is 2.45. The molecule has 1 saturated carbocycles. The summed E-state index contributed by atoms with van der Waals surface area (Å²) >= 11 is 0. The van der Waals surface area contributed by atoms with Gasteiger partial charge < -0.3 is 9.84 Å². The van der Waals surface area contributed by atoms with Gasteiger partial charge >= 0.3 is 6.18 Å². The number of hydrogen-bond donors (Lipinski definition) is 1. The topological polar surface area (TPSA) is 42.4 Å². The lowest BCUT2D eigenvalue weighted by molar-refractivity contribution is -0.137. The van der Waals surface area contributed by atoms with E-state index in [1.54, 1.807) is 19.2 Å². The molecule has 1 aromatic heterocycles. The summed E-state index contributed by atoms with van der Waals surface area (Å²) in [6, 6.07) is 11.7. The summed E-state index contributed by atoms with van der Waals surface area (Å²) in [7, 11) is 1.66. The van der Waals surface area contributed by atoms with Gasteiger partial charge in [0.25, 0.3) is 0 Å². The molecule has 1 N–H and O–H groups in total. The van der Waals surface area contributed by atoms with Crippen LogP contribution in [0.3, 0.4) is 0 Å². The fourth-order valence-electron chi connectivity index (χ4n) is 6.24. The minimum absolute atomic E-state index is 0.158. The van der Waals surface area contributed by atoms with Crippen LogP contribution in [0, 0.1) is 11.7 Å². The molecule has 202 valence electrons. The molecule has 7 heteroatoms. The number of nitrogens with zero attached hydrogens (tertiary/aromatic N) is 1. The van der Waals surface area contributed by atoms with Gasteiger partial charge in [0.15, 0.2) is 0 Å². The Balaban J connectivity index is 1.61. The van der Waals surface area contributed by atoms with Gasteiger partial charge in [-0.05, 0) is 91.0 Å². The van der Waals surface area contributed by atoms with Crippen molar-refractivity contribution in [2.75, 3.05) is 13.7 Å². The Morgan fingerprint density at radius 3 is 2.29 bits per heavy atom. The van der Waals surface area contributed by atoms with Crippen LogP contribution in [0.1, 0.15) is 77.8 Å². The number of aryl methyl sites for hydroxylation is 1. The number of aromatic nitrogens is 1. The van der Waals surface area contributed by atoms with Gasteiger partial charge in [-0.1, -0.05) is 37.1 Å². The van der Waals surface area contributed by atoms with E-state index in [1.165, 1.54) is 24.3 Å². The Morgan fingerprint density at radius 1 is 0.974 bits per heavy atom. The van der Waals surface area contributed by atoms with E-state index < -0.39 is 17.8 Å². The Labute approximate surface area is 220 Å². The molecule has 1 heterocycles. The van der Waals surface area contributed by atoms with E-state index in [4.69, 9.17) is 9.72 Å². The van der Waals surface area contributed by atoms with Crippen LogP contribution >= 0.6 is 0 Å². The highest BCUT2D eigenvalue weighted by Gasteiger charge is 2.34. The van der Waals surface area contributed by atoms with Crippen LogP contribution in [0.2, 0.25) is 0 Å². The minimum atomic E-state index is -4.37. The van der Waals surface area contributed by atoms with Crippen LogP contribution in [0.5, 0.6) is 0 Å². The number of benzene rings is 2. The molecule has 0 spiro atoms. The van der Waals surface area contributed by atoms with Crippen molar-refractivity contribution < 1.29 is 27.4 Å². The van der Waals surface area contributed by atoms with Crippen LogP contribution in [0.4, 0.5) is 17.6 Å². The molecule has 0 saturated heterocycles. The molecule has 0 aliphatic heterocycles. The van der Waals surface area contributed by atoms with Gasteiger partial charge in [0.05, 0.1) is 11.7 Å². The zero-order valence-corrected chi connectivity index (χ0v) is 21.5. The van der Waals surface area contributed by atoms with E-state index in [1.807, 2.05) is 0 Å². The fourth-order valence-corrected chi connectivity index (χ4v) is 6.24. The van der Waals surface area contributed by atoms with E-state index in [-0.39, 0.29) is 11.7 Å². The molecule has 1 fully saturated rings. The maximum Gasteiger partial charge on any atom is 0.416 e. The molecule has 2 atom stereocenters. The Bertz CT molecular complexity index is 1250. The number of pyridine rings is 1. The average Bonchev–Trinajstić information content (AvgIpc) is 3.42. The first kappa shape index (κ1) is 26.8. The SMILES string of the molecule is COCC1Cc2nc(C3CCCC3)c(CCc3ccc(C(F)(F)F)cc3)c(-c3ccc(F)cc3)c2C(O)C1. The highest BCUT2D eigenvalue weighted by molar-refractivity contribution is 5.74. The number of aliphatic hydroxyl groups is 1. The van der Waals surface area contributed by atoms with Gasteiger partial charge in [-0.15, -0.1) is 0 Å². The van der Waals surface area contributed by atoms with Crippen LogP contribution in [0.25, 0.3) is 11.1 Å². The van der Waals surface area contributed by atoms with Crippen molar-refractivity contribution in [2.24, 2.45) is 5.92 Å². The van der Waals surface area contributed by atoms with Gasteiger partial charge in [-0.2, -0.15) is 13.2 Å². The third kappa shape index (κ3) is 5.64. The average molecular weight is 528 g/mol. The lowest BCUT2D eigenvalue weighted by atomic mass is 9.77. The monoisotopic (exact) mass is 527 g/mol. The van der Waals surface area contributed by atoms with E-state index in [0.29, 0.717) is 38.2 Å². The van der Waals surface area contributed by atoms with Crippen LogP contribution in [0.15, 0.2) is 48.5 Å². The first-order valence-corrected chi connectivity index (χ1v) is 13.4. The maximum absolute atomic E-state index is 13.9. The standard InChI is InChI=1S/C31H33F4NO2/c1-38-18-20-16-26-29(27(37)17-20)28(21-9-13-24(32)14-10-21)25(30(36-26)22-4-2-3-5-22)15-8-19-6-11-23(12-7-19)31(33,34)35/h6-7,9-14,20,22,27,37H,2-5,8,15-18H2,1H3. The molecular formula is C31H33F4NO2. The summed E-state index contributed by atoms with van der Waals surface area (Å²) in [4.78, 5) is 5.20. The van der Waals surface area contributed by atoms with Gasteiger partial charge in [-0.3, -0.25) is 4.98 Å². The minimum Gasteiger partial charge on any atom is -0.388 e. The number of aliphatic hydroxyl groups excluding tert-OH is 1. The van der Waals surface area contributed by atoms with Gasteiger partial charge in [0.1, 0.15) is 5.82 Å². The van der Waals surface area contributed by atoms with Crippen LogP contribution < -0.4 is 0 Å². The molecule has 5 rings (SSSR count). The molecule has 38 heavy (non-hydrogen) atoms. The second kappa shape index (κ2) is 11.1. The first-order chi connectivity index (χ1) is 18.2. The van der Waals surface area contributed by atoms with Gasteiger partial charge in [-0.25, -0.2) is 4.39 Å². The van der Waals surface area contributed by atoms with Crippen molar-refractivity contribution in [2.45, 2.75) is 69.6 Å². The quantitative estimate of drug-likeness (QED) is 0.322. The van der Waals surface area contributed by atoms with Gasteiger partial charge in [0.2, 0.25) is 0 Å². The summed E-state index contributed by atoms with van der Waals surface area (Å²) in [6.07, 6.45) is 1.58. The summed E-state index contributed by atoms with van der Waals surface area (Å²) in [5, 5.41) is 11.4. The summed E-state index contributed by atoms with van der Waals surface area (Å²) in [6.45, 7) is 0.540. The molecular weight excluding hydrogens is 494 g/mol. The third-order valence-electron chi connectivity index (χ3n) is 8.04. The molecule has 0 radical (unpaired) electrons. The number of fused-ring (bicyclic) bond motifs is 1. The number of hydrogen-bond acceptors (Lipinski definition) is 3. The second-order valence-electron chi connectivity index (χ2n) is 10.7. The molecule has 2 unspecified atom stereocenters. The van der Waals surface area contributed by atoms with Crippen molar-refractivity contribution in [1.29, 1.82) is 0 Å². The van der Waals surface area contributed by atoms with E-state index in [2.05, 4.69) is 0 Å². The summed E-state index contributed by atoms with van der Waals surface area (Å²) in [5.74, 6) is 0.118. The van der Waals surface area contributed by atoms with E-state index >= 15 is 0 Å². The lowest BCUT2D eigenvalue weighted by Gasteiger charge is -2.33. The highest BCUT2D eigenvalue weighted by atomic mass is 19.4. The zero-order chi connectivity index (χ0) is 26.9. The normalized spacial score (nSPS) is 20.1. The predicted octanol–water partition coefficient (Wildman–Crippen LogP) is 7.59. The molecule has 3 aromatic rings. The Kier molecular flexibility index (Phi) is 7.87. The summed E-state index contributed by atoms with van der Waals surface area (Å²) in [5.41, 5.74) is 5.61. The first-order valence-electron chi connectivity index (χ1n) is 13.4. The number of alkyl halides is 3. The molecule has 2 aliphatic rings. The van der Waals surface area contributed by atoms with Crippen LogP contribution in [-0.4, -0.2) is 23.8 Å². The number of halogens is 4. The van der Waals surface area contributed by atoms with E-state index in [9.17, 15) is 22.7 Å². The molecule has 2 aromatic carbocycles. The lowest BCUT2D eigenvalue weighted by Crippen LogP contribution is -2.26. The van der Waals surface area contributed by atoms with Crippen molar-refractivity contribution in [3.05, 3.63) is 88.0 Å². The Morgan fingerprint density at radius 2 is 1.66 bits per heavy atom. The van der Waals surface area contributed by atoms with Gasteiger partial charge in [0, 0.05) is 36.6 Å². The smallest absolute Gasteiger partial charge is 0.388 e. The maximum atomic E-state index is 13.9. The zero-order valence-electron chi connectivity index (χ0n) is 21.5. The molecule has 3 nitrogen and oxygen atoms in total. The molecule has 2 aliphatic carbocycles. The van der Waals surface area contributed by atoms with Crippen molar-refractivity contribution >= 4 is 0 Å². The Hall–Kier alpha value is -2.77. The third-order valence-corrected chi connectivity index (χ3v) is 8.04. The predicted molar refractivity (Wildman–Crippen MR) is 138 cm³/mol. The number of rotatable bonds is 7. The van der Waals surface area contributed by atoms with E-state index in [0.717, 1.165) is 77.0 Å². The fraction of sp³-hybridized carbons (Fsp3) is 0.452. The summed E-state index contributed by atoms with van der Waals surface area (Å²) < 4.78 is 58.5. The largest absolute Gasteiger partial charge is 0.416 e. The second-order valence-corrected chi connectivity index (χ2v) is 10.7. The van der Waals surface area contributed by atoms with Crippen LogP contribution in [-0.2, 0) is 30.2 Å². The number of methoxy groups -OCH3 is 1. The van der Waals surface area contributed by atoms with Crippen molar-refractivity contribution in [3.63, 3.8) is 0 Å². The number of ether oxygens (including phenoxy) is 1. The van der Waals surface area contributed by atoms with Crippen molar-refractivity contribution in [3.8, 4) is 11.1 Å². The molecule has 0 bridgehead atoms.